The quantitative estimate of drug-likeness (QED) is 0.857. The molecule has 21 heavy (non-hydrogen) atoms. The van der Waals surface area contributed by atoms with Crippen molar-refractivity contribution in [2.75, 3.05) is 40.4 Å². The number of ether oxygens (including phenoxy) is 2. The first-order valence-electron chi connectivity index (χ1n) is 7.60. The molecule has 2 aliphatic rings. The van der Waals surface area contributed by atoms with E-state index in [1.54, 1.807) is 0 Å². The number of nitrogens with zero attached hydrogens (tertiary/aromatic N) is 2. The average Bonchev–Trinajstić information content (AvgIpc) is 2.47. The Morgan fingerprint density at radius 1 is 1.29 bits per heavy atom. The molecule has 2 heterocycles. The van der Waals surface area contributed by atoms with E-state index in [4.69, 9.17) is 21.1 Å². The van der Waals surface area contributed by atoms with Crippen LogP contribution in [0, 0.1) is 0 Å². The molecule has 0 saturated carbocycles. The fourth-order valence-corrected chi connectivity index (χ4v) is 3.40. The maximum Gasteiger partial charge on any atom is 0.179 e. The van der Waals surface area contributed by atoms with Crippen molar-refractivity contribution < 1.29 is 9.47 Å². The zero-order valence-electron chi connectivity index (χ0n) is 12.8. The largest absolute Gasteiger partial charge is 0.486 e. The standard InChI is InChI=1S/C16H23ClN2O2/c1-18(2)13-4-3-5-19(11-13)10-12-8-14(17)16-15(9-12)20-6-7-21-16/h8-9,13H,3-7,10-11H2,1-2H3. The van der Waals surface area contributed by atoms with Crippen LogP contribution in [0.3, 0.4) is 0 Å². The molecule has 0 aliphatic carbocycles. The Labute approximate surface area is 131 Å². The Morgan fingerprint density at radius 2 is 2.10 bits per heavy atom. The van der Waals surface area contributed by atoms with Crippen LogP contribution in [0.1, 0.15) is 18.4 Å². The van der Waals surface area contributed by atoms with Crippen LogP contribution in [0.15, 0.2) is 12.1 Å². The summed E-state index contributed by atoms with van der Waals surface area (Å²) in [5.74, 6) is 1.47. The first kappa shape index (κ1) is 14.9. The van der Waals surface area contributed by atoms with Gasteiger partial charge in [0.15, 0.2) is 11.5 Å². The highest BCUT2D eigenvalue weighted by molar-refractivity contribution is 6.32. The van der Waals surface area contributed by atoms with Crippen molar-refractivity contribution in [1.29, 1.82) is 0 Å². The molecule has 0 aromatic heterocycles. The summed E-state index contributed by atoms with van der Waals surface area (Å²) in [4.78, 5) is 4.82. The molecular weight excluding hydrogens is 288 g/mol. The normalized spacial score (nSPS) is 22.6. The van der Waals surface area contributed by atoms with E-state index in [1.807, 2.05) is 6.07 Å². The summed E-state index contributed by atoms with van der Waals surface area (Å²) in [7, 11) is 4.32. The number of halogens is 1. The molecule has 1 atom stereocenters. The molecule has 4 nitrogen and oxygen atoms in total. The molecule has 3 rings (SSSR count). The van der Waals surface area contributed by atoms with Gasteiger partial charge >= 0.3 is 0 Å². The second-order valence-electron chi connectivity index (χ2n) is 6.10. The van der Waals surface area contributed by atoms with Crippen LogP contribution < -0.4 is 9.47 Å². The topological polar surface area (TPSA) is 24.9 Å². The SMILES string of the molecule is CN(C)C1CCCN(Cc2cc(Cl)c3c(c2)OCCO3)C1. The summed E-state index contributed by atoms with van der Waals surface area (Å²) in [5, 5.41) is 0.656. The number of likely N-dealkylation sites (N-methyl/N-ethyl adjacent to an activating group) is 1. The summed E-state index contributed by atoms with van der Waals surface area (Å²) < 4.78 is 11.2. The van der Waals surface area contributed by atoms with Gasteiger partial charge in [0.25, 0.3) is 0 Å². The Bertz CT molecular complexity index is 507. The molecular formula is C16H23ClN2O2. The summed E-state index contributed by atoms with van der Waals surface area (Å²) in [5.41, 5.74) is 1.20. The van der Waals surface area contributed by atoms with Crippen molar-refractivity contribution in [3.8, 4) is 11.5 Å². The fourth-order valence-electron chi connectivity index (χ4n) is 3.11. The molecule has 1 aromatic rings. The van der Waals surface area contributed by atoms with Gasteiger partial charge in [0.05, 0.1) is 5.02 Å². The lowest BCUT2D eigenvalue weighted by Crippen LogP contribution is -2.44. The van der Waals surface area contributed by atoms with Gasteiger partial charge in [0, 0.05) is 19.1 Å². The number of rotatable bonds is 3. The van der Waals surface area contributed by atoms with Gasteiger partial charge in [-0.25, -0.2) is 0 Å². The minimum Gasteiger partial charge on any atom is -0.486 e. The highest BCUT2D eigenvalue weighted by Gasteiger charge is 2.23. The first-order valence-corrected chi connectivity index (χ1v) is 7.98. The van der Waals surface area contributed by atoms with E-state index in [0.717, 1.165) is 25.4 Å². The molecule has 1 unspecified atom stereocenters. The summed E-state index contributed by atoms with van der Waals surface area (Å²) in [6, 6.07) is 4.72. The lowest BCUT2D eigenvalue weighted by molar-refractivity contribution is 0.127. The monoisotopic (exact) mass is 310 g/mol. The van der Waals surface area contributed by atoms with E-state index in [1.165, 1.54) is 18.4 Å². The predicted octanol–water partition coefficient (Wildman–Crippen LogP) is 2.64. The summed E-state index contributed by atoms with van der Waals surface area (Å²) in [6.07, 6.45) is 2.53. The lowest BCUT2D eigenvalue weighted by atomic mass is 10.0. The van der Waals surface area contributed by atoms with Crippen LogP contribution in [-0.2, 0) is 6.54 Å². The Hall–Kier alpha value is -0.970. The molecule has 1 aromatic carbocycles. The highest BCUT2D eigenvalue weighted by atomic mass is 35.5. The Morgan fingerprint density at radius 3 is 2.90 bits per heavy atom. The van der Waals surface area contributed by atoms with Crippen molar-refractivity contribution >= 4 is 11.6 Å². The maximum atomic E-state index is 6.31. The van der Waals surface area contributed by atoms with Gasteiger partial charge in [-0.2, -0.15) is 0 Å². The molecule has 2 aliphatic heterocycles. The summed E-state index contributed by atoms with van der Waals surface area (Å²) in [6.45, 7) is 4.35. The van der Waals surface area contributed by atoms with Crippen LogP contribution in [0.2, 0.25) is 5.02 Å². The van der Waals surface area contributed by atoms with E-state index in [2.05, 4.69) is 30.0 Å². The first-order chi connectivity index (χ1) is 10.1. The van der Waals surface area contributed by atoms with Gasteiger partial charge in [-0.3, -0.25) is 4.90 Å². The molecule has 0 amide bonds. The fraction of sp³-hybridized carbons (Fsp3) is 0.625. The van der Waals surface area contributed by atoms with E-state index in [9.17, 15) is 0 Å². The predicted molar refractivity (Wildman–Crippen MR) is 84.4 cm³/mol. The van der Waals surface area contributed by atoms with Gasteiger partial charge < -0.3 is 14.4 Å². The third-order valence-corrected chi connectivity index (χ3v) is 4.55. The molecule has 1 fully saturated rings. The smallest absolute Gasteiger partial charge is 0.179 e. The number of hydrogen-bond acceptors (Lipinski definition) is 4. The number of benzene rings is 1. The number of hydrogen-bond donors (Lipinski definition) is 0. The van der Waals surface area contributed by atoms with Crippen LogP contribution in [0.5, 0.6) is 11.5 Å². The number of fused-ring (bicyclic) bond motifs is 1. The van der Waals surface area contributed by atoms with E-state index < -0.39 is 0 Å². The third-order valence-electron chi connectivity index (χ3n) is 4.27. The molecule has 0 N–H and O–H groups in total. The van der Waals surface area contributed by atoms with Crippen molar-refractivity contribution in [2.24, 2.45) is 0 Å². The van der Waals surface area contributed by atoms with Crippen LogP contribution in [0.4, 0.5) is 0 Å². The third kappa shape index (κ3) is 3.44. The van der Waals surface area contributed by atoms with Crippen LogP contribution in [-0.4, -0.2) is 56.2 Å². The van der Waals surface area contributed by atoms with Crippen molar-refractivity contribution in [3.05, 3.63) is 22.7 Å². The minimum atomic E-state index is 0.572. The van der Waals surface area contributed by atoms with E-state index >= 15 is 0 Å². The maximum absolute atomic E-state index is 6.31. The molecule has 116 valence electrons. The average molecular weight is 311 g/mol. The second kappa shape index (κ2) is 6.42. The molecule has 0 spiro atoms. The zero-order valence-corrected chi connectivity index (χ0v) is 13.5. The van der Waals surface area contributed by atoms with Gasteiger partial charge in [-0.15, -0.1) is 0 Å². The van der Waals surface area contributed by atoms with Crippen molar-refractivity contribution in [3.63, 3.8) is 0 Å². The van der Waals surface area contributed by atoms with Gasteiger partial charge in [-0.1, -0.05) is 11.6 Å². The van der Waals surface area contributed by atoms with E-state index in [-0.39, 0.29) is 0 Å². The van der Waals surface area contributed by atoms with Crippen molar-refractivity contribution in [2.45, 2.75) is 25.4 Å². The van der Waals surface area contributed by atoms with Gasteiger partial charge in [-0.05, 0) is 51.2 Å². The van der Waals surface area contributed by atoms with Gasteiger partial charge in [0.1, 0.15) is 13.2 Å². The zero-order chi connectivity index (χ0) is 14.8. The second-order valence-corrected chi connectivity index (χ2v) is 6.50. The van der Waals surface area contributed by atoms with Crippen LogP contribution in [0.25, 0.3) is 0 Å². The van der Waals surface area contributed by atoms with Crippen molar-refractivity contribution in [1.82, 2.24) is 9.80 Å². The van der Waals surface area contributed by atoms with Gasteiger partial charge in [0.2, 0.25) is 0 Å². The minimum absolute atomic E-state index is 0.572. The molecule has 0 radical (unpaired) electrons. The number of piperidine rings is 1. The van der Waals surface area contributed by atoms with Crippen LogP contribution >= 0.6 is 11.6 Å². The Balaban J connectivity index is 1.71. The van der Waals surface area contributed by atoms with E-state index in [0.29, 0.717) is 30.0 Å². The molecule has 0 bridgehead atoms. The molecule has 5 heteroatoms. The molecule has 1 saturated heterocycles. The summed E-state index contributed by atoms with van der Waals surface area (Å²) >= 11 is 6.31. The highest BCUT2D eigenvalue weighted by Crippen LogP contribution is 2.38. The Kier molecular flexibility index (Phi) is 4.57. The lowest BCUT2D eigenvalue weighted by Gasteiger charge is -2.36. The number of likely N-dealkylation sites (tertiary alicyclic amines) is 1.